The predicted octanol–water partition coefficient (Wildman–Crippen LogP) is -0.319. The number of aliphatic hydroxyl groups excluding tert-OH is 1. The smallest absolute Gasteiger partial charge is 0.266 e. The average molecular weight is 118 g/mol. The number of hydrogen-bond acceptors (Lipinski definition) is 3. The summed E-state index contributed by atoms with van der Waals surface area (Å²) in [6, 6.07) is 0. The summed E-state index contributed by atoms with van der Waals surface area (Å²) in [5.41, 5.74) is 0. The first kappa shape index (κ1) is 6.01. The van der Waals surface area contributed by atoms with Crippen molar-refractivity contribution in [3.05, 3.63) is 0 Å². The topological polar surface area (TPSA) is 49.7 Å². The summed E-state index contributed by atoms with van der Waals surface area (Å²) in [5, 5.41) is 16.3. The molecule has 0 spiro atoms. The molecule has 1 aliphatic carbocycles. The normalized spacial score (nSPS) is 19.9. The predicted molar refractivity (Wildman–Crippen MR) is 26.9 cm³/mol. The Balaban J connectivity index is 1.87. The van der Waals surface area contributed by atoms with Crippen LogP contribution in [0.25, 0.3) is 0 Å². The number of rotatable bonds is 3. The largest absolute Gasteiger partial charge is 0.346 e. The molecule has 0 amide bonds. The Bertz CT molecular complexity index is 66.1. The van der Waals surface area contributed by atoms with Crippen LogP contribution in [-0.4, -0.2) is 23.3 Å². The molecule has 1 fully saturated rings. The van der Waals surface area contributed by atoms with Gasteiger partial charge >= 0.3 is 0 Å². The molecule has 0 heterocycles. The molecular weight excluding hydrogens is 108 g/mol. The highest BCUT2D eigenvalue weighted by Crippen LogP contribution is 2.28. The van der Waals surface area contributed by atoms with Crippen molar-refractivity contribution < 1.29 is 14.9 Å². The van der Waals surface area contributed by atoms with E-state index in [-0.39, 0.29) is 0 Å². The zero-order chi connectivity index (χ0) is 5.98. The molecule has 0 aromatic carbocycles. The van der Waals surface area contributed by atoms with Crippen LogP contribution in [0.15, 0.2) is 0 Å². The fourth-order valence-electron chi connectivity index (χ4n) is 0.507. The van der Waals surface area contributed by atoms with Crippen molar-refractivity contribution >= 4 is 0 Å². The molecule has 0 saturated heterocycles. The van der Waals surface area contributed by atoms with Gasteiger partial charge in [0.25, 0.3) is 6.48 Å². The van der Waals surface area contributed by atoms with E-state index in [2.05, 4.69) is 4.74 Å². The number of aliphatic hydroxyl groups is 2. The lowest BCUT2D eigenvalue weighted by Gasteiger charge is -2.01. The van der Waals surface area contributed by atoms with Gasteiger partial charge in [-0.2, -0.15) is 0 Å². The van der Waals surface area contributed by atoms with Gasteiger partial charge in [-0.1, -0.05) is 0 Å². The van der Waals surface area contributed by atoms with Gasteiger partial charge in [0.1, 0.15) is 0 Å². The fraction of sp³-hybridized carbons (Fsp3) is 1.00. The quantitative estimate of drug-likeness (QED) is 0.499. The van der Waals surface area contributed by atoms with Gasteiger partial charge in [-0.3, -0.25) is 0 Å². The minimum atomic E-state index is -1.57. The van der Waals surface area contributed by atoms with E-state index in [9.17, 15) is 0 Å². The first-order valence-corrected chi connectivity index (χ1v) is 2.77. The highest BCUT2D eigenvalue weighted by Gasteiger charge is 2.21. The lowest BCUT2D eigenvalue weighted by molar-refractivity contribution is -0.235. The zero-order valence-corrected chi connectivity index (χ0v) is 4.58. The fourth-order valence-corrected chi connectivity index (χ4v) is 0.507. The third kappa shape index (κ3) is 2.26. The molecule has 1 aliphatic rings. The molecule has 3 heteroatoms. The summed E-state index contributed by atoms with van der Waals surface area (Å²) in [4.78, 5) is 0. The lowest BCUT2D eigenvalue weighted by atomic mass is 10.5. The minimum absolute atomic E-state index is 0.498. The molecule has 48 valence electrons. The third-order valence-corrected chi connectivity index (χ3v) is 1.18. The molecule has 3 nitrogen and oxygen atoms in total. The maximum atomic E-state index is 8.16. The maximum Gasteiger partial charge on any atom is 0.266 e. The van der Waals surface area contributed by atoms with Crippen molar-refractivity contribution in [1.82, 2.24) is 0 Å². The highest BCUT2D eigenvalue weighted by molar-refractivity contribution is 4.71. The molecule has 1 rings (SSSR count). The summed E-state index contributed by atoms with van der Waals surface area (Å²) in [7, 11) is 0. The summed E-state index contributed by atoms with van der Waals surface area (Å²) >= 11 is 0. The van der Waals surface area contributed by atoms with Crippen LogP contribution in [0.3, 0.4) is 0 Å². The monoisotopic (exact) mass is 118 g/mol. The van der Waals surface area contributed by atoms with Gasteiger partial charge in [-0.15, -0.1) is 0 Å². The molecule has 0 atom stereocenters. The number of ether oxygens (including phenoxy) is 1. The van der Waals surface area contributed by atoms with Crippen LogP contribution in [0.1, 0.15) is 12.8 Å². The Hall–Kier alpha value is -0.120. The summed E-state index contributed by atoms with van der Waals surface area (Å²) < 4.78 is 4.48. The molecule has 0 radical (unpaired) electrons. The van der Waals surface area contributed by atoms with E-state index < -0.39 is 6.48 Å². The van der Waals surface area contributed by atoms with Crippen LogP contribution in [0, 0.1) is 5.92 Å². The van der Waals surface area contributed by atoms with Crippen molar-refractivity contribution in [3.63, 3.8) is 0 Å². The van der Waals surface area contributed by atoms with E-state index in [1.165, 1.54) is 12.8 Å². The molecule has 0 aromatic heterocycles. The van der Waals surface area contributed by atoms with E-state index in [1.807, 2.05) is 0 Å². The average Bonchev–Trinajstić information content (AvgIpc) is 2.41. The Morgan fingerprint density at radius 2 is 2.12 bits per heavy atom. The summed E-state index contributed by atoms with van der Waals surface area (Å²) in [6.07, 6.45) is 2.35. The van der Waals surface area contributed by atoms with Crippen LogP contribution in [0.4, 0.5) is 0 Å². The molecular formula is C5H10O3. The Morgan fingerprint density at radius 1 is 1.50 bits per heavy atom. The van der Waals surface area contributed by atoms with Crippen molar-refractivity contribution in [2.75, 3.05) is 6.61 Å². The Kier molecular flexibility index (Phi) is 1.83. The first-order chi connectivity index (χ1) is 3.79. The Morgan fingerprint density at radius 3 is 2.50 bits per heavy atom. The third-order valence-electron chi connectivity index (χ3n) is 1.18. The van der Waals surface area contributed by atoms with Gasteiger partial charge in [0, 0.05) is 0 Å². The molecule has 0 aromatic rings. The van der Waals surface area contributed by atoms with Gasteiger partial charge in [-0.05, 0) is 18.8 Å². The van der Waals surface area contributed by atoms with Crippen molar-refractivity contribution in [2.24, 2.45) is 5.92 Å². The van der Waals surface area contributed by atoms with E-state index in [0.717, 1.165) is 0 Å². The summed E-state index contributed by atoms with van der Waals surface area (Å²) in [6.45, 7) is -1.08. The van der Waals surface area contributed by atoms with Gasteiger partial charge in [0.05, 0.1) is 6.61 Å². The zero-order valence-electron chi connectivity index (χ0n) is 4.58. The van der Waals surface area contributed by atoms with E-state index in [1.54, 1.807) is 0 Å². The van der Waals surface area contributed by atoms with Crippen molar-refractivity contribution in [2.45, 2.75) is 19.3 Å². The van der Waals surface area contributed by atoms with Crippen LogP contribution in [-0.2, 0) is 4.74 Å². The summed E-state index contributed by atoms with van der Waals surface area (Å²) in [5.74, 6) is 0.594. The molecule has 1 saturated carbocycles. The SMILES string of the molecule is OC(O)OCC1CC1. The minimum Gasteiger partial charge on any atom is -0.346 e. The van der Waals surface area contributed by atoms with Crippen LogP contribution < -0.4 is 0 Å². The molecule has 0 bridgehead atoms. The molecule has 8 heavy (non-hydrogen) atoms. The second kappa shape index (κ2) is 2.44. The van der Waals surface area contributed by atoms with Crippen molar-refractivity contribution in [3.8, 4) is 0 Å². The Labute approximate surface area is 47.9 Å². The first-order valence-electron chi connectivity index (χ1n) is 2.77. The van der Waals surface area contributed by atoms with Gasteiger partial charge in [0.15, 0.2) is 0 Å². The standard InChI is InChI=1S/C5H10O3/c6-5(7)8-3-4-1-2-4/h4-7H,1-3H2. The molecule has 0 unspecified atom stereocenters. The van der Waals surface area contributed by atoms with Gasteiger partial charge in [-0.25, -0.2) is 0 Å². The van der Waals surface area contributed by atoms with E-state index in [0.29, 0.717) is 12.5 Å². The molecule has 2 N–H and O–H groups in total. The van der Waals surface area contributed by atoms with Gasteiger partial charge in [0.2, 0.25) is 0 Å². The van der Waals surface area contributed by atoms with Crippen LogP contribution in [0.5, 0.6) is 0 Å². The molecule has 0 aliphatic heterocycles. The van der Waals surface area contributed by atoms with E-state index >= 15 is 0 Å². The second-order valence-corrected chi connectivity index (χ2v) is 2.10. The lowest BCUT2D eigenvalue weighted by Crippen LogP contribution is -2.11. The number of hydrogen-bond donors (Lipinski definition) is 2. The van der Waals surface area contributed by atoms with E-state index in [4.69, 9.17) is 10.2 Å². The van der Waals surface area contributed by atoms with Crippen LogP contribution >= 0.6 is 0 Å². The maximum absolute atomic E-state index is 8.16. The van der Waals surface area contributed by atoms with Crippen molar-refractivity contribution in [1.29, 1.82) is 0 Å². The second-order valence-electron chi connectivity index (χ2n) is 2.10. The van der Waals surface area contributed by atoms with Crippen LogP contribution in [0.2, 0.25) is 0 Å². The van der Waals surface area contributed by atoms with Gasteiger partial charge < -0.3 is 14.9 Å². The highest BCUT2D eigenvalue weighted by atomic mass is 16.7.